The fraction of sp³-hybridized carbons (Fsp3) is 0.500. The molecule has 1 aliphatic heterocycles. The van der Waals surface area contributed by atoms with Crippen molar-refractivity contribution in [1.29, 1.82) is 0 Å². The van der Waals surface area contributed by atoms with Gasteiger partial charge < -0.3 is 5.43 Å². The van der Waals surface area contributed by atoms with Crippen LogP contribution in [0.15, 0.2) is 17.2 Å². The van der Waals surface area contributed by atoms with Crippen molar-refractivity contribution in [3.8, 4) is 0 Å². The number of aromatic nitrogens is 1. The summed E-state index contributed by atoms with van der Waals surface area (Å²) in [4.78, 5) is 3.68. The number of sulfonamides is 1. The number of nitrogen functional groups attached to an aromatic ring is 1. The van der Waals surface area contributed by atoms with Crippen LogP contribution in [0.25, 0.3) is 0 Å². The van der Waals surface area contributed by atoms with E-state index in [0.29, 0.717) is 6.42 Å². The van der Waals surface area contributed by atoms with Gasteiger partial charge in [0.2, 0.25) is 10.0 Å². The van der Waals surface area contributed by atoms with Crippen molar-refractivity contribution in [2.24, 2.45) is 11.8 Å². The highest BCUT2D eigenvalue weighted by Gasteiger charge is 2.29. The minimum atomic E-state index is -3.79. The van der Waals surface area contributed by atoms with E-state index in [9.17, 15) is 16.8 Å². The maximum absolute atomic E-state index is 12.1. The quantitative estimate of drug-likeness (QED) is 0.490. The standard InChI is InChI=1S/C10H15ClN4O4S2/c11-9-3-8(5-13-10(9)15-12)21(18,19)14-4-7-1-2-20(16,17)6-7/h3,5,7,14H,1-2,4,6,12H2,(H,13,15). The minimum absolute atomic E-state index is 0.00452. The van der Waals surface area contributed by atoms with Crippen molar-refractivity contribution >= 4 is 37.3 Å². The zero-order valence-corrected chi connectivity index (χ0v) is 13.3. The van der Waals surface area contributed by atoms with Gasteiger partial charge in [0.25, 0.3) is 0 Å². The normalized spacial score (nSPS) is 21.3. The number of halogens is 1. The number of nitrogens with one attached hydrogen (secondary N) is 2. The predicted octanol–water partition coefficient (Wildman–Crippen LogP) is -0.266. The van der Waals surface area contributed by atoms with Crippen LogP contribution in [0.3, 0.4) is 0 Å². The summed E-state index contributed by atoms with van der Waals surface area (Å²) < 4.78 is 49.2. The number of hydrazine groups is 1. The van der Waals surface area contributed by atoms with Gasteiger partial charge in [-0.2, -0.15) is 0 Å². The summed E-state index contributed by atoms with van der Waals surface area (Å²) in [7, 11) is -6.83. The molecule has 0 spiro atoms. The van der Waals surface area contributed by atoms with Crippen LogP contribution in [-0.2, 0) is 19.9 Å². The molecule has 0 aromatic carbocycles. The van der Waals surface area contributed by atoms with Gasteiger partial charge in [-0.25, -0.2) is 32.4 Å². The summed E-state index contributed by atoms with van der Waals surface area (Å²) in [6.45, 7) is 0.0655. The second-order valence-corrected chi connectivity index (χ2v) is 9.17. The average Bonchev–Trinajstić information content (AvgIpc) is 2.76. The molecule has 0 saturated carbocycles. The van der Waals surface area contributed by atoms with E-state index in [4.69, 9.17) is 17.4 Å². The monoisotopic (exact) mass is 354 g/mol. The fourth-order valence-electron chi connectivity index (χ4n) is 2.02. The first-order valence-corrected chi connectivity index (χ1v) is 9.74. The Morgan fingerprint density at radius 3 is 2.71 bits per heavy atom. The van der Waals surface area contributed by atoms with E-state index in [2.05, 4.69) is 15.1 Å². The Balaban J connectivity index is 2.07. The van der Waals surface area contributed by atoms with Gasteiger partial charge >= 0.3 is 0 Å². The number of pyridine rings is 1. The van der Waals surface area contributed by atoms with E-state index in [1.54, 1.807) is 0 Å². The molecule has 1 fully saturated rings. The van der Waals surface area contributed by atoms with Gasteiger partial charge in [0.1, 0.15) is 4.90 Å². The van der Waals surface area contributed by atoms with Gasteiger partial charge in [-0.3, -0.25) is 0 Å². The van der Waals surface area contributed by atoms with E-state index in [1.165, 1.54) is 6.07 Å². The maximum Gasteiger partial charge on any atom is 0.242 e. The molecular weight excluding hydrogens is 340 g/mol. The van der Waals surface area contributed by atoms with Gasteiger partial charge in [0.05, 0.1) is 16.5 Å². The number of sulfone groups is 1. The van der Waals surface area contributed by atoms with Crippen LogP contribution in [0.5, 0.6) is 0 Å². The lowest BCUT2D eigenvalue weighted by molar-refractivity contribution is 0.543. The molecule has 2 rings (SSSR count). The Hall–Kier alpha value is -0.940. The summed E-state index contributed by atoms with van der Waals surface area (Å²) >= 11 is 5.82. The highest BCUT2D eigenvalue weighted by Crippen LogP contribution is 2.22. The van der Waals surface area contributed by atoms with Crippen molar-refractivity contribution in [1.82, 2.24) is 9.71 Å². The summed E-state index contributed by atoms with van der Waals surface area (Å²) in [6, 6.07) is 1.22. The number of nitrogens with two attached hydrogens (primary N) is 1. The molecule has 1 saturated heterocycles. The fourth-order valence-corrected chi connectivity index (χ4v) is 5.25. The molecule has 2 heterocycles. The molecule has 0 aliphatic carbocycles. The molecule has 1 aliphatic rings. The van der Waals surface area contributed by atoms with Crippen molar-refractivity contribution < 1.29 is 16.8 Å². The largest absolute Gasteiger partial charge is 0.307 e. The third kappa shape index (κ3) is 4.04. The summed E-state index contributed by atoms with van der Waals surface area (Å²) in [6.07, 6.45) is 1.58. The summed E-state index contributed by atoms with van der Waals surface area (Å²) in [5.41, 5.74) is 2.23. The molecule has 8 nitrogen and oxygen atoms in total. The maximum atomic E-state index is 12.1. The average molecular weight is 355 g/mol. The molecule has 1 aromatic rings. The number of rotatable bonds is 5. The Morgan fingerprint density at radius 1 is 1.48 bits per heavy atom. The first-order chi connectivity index (χ1) is 9.73. The van der Waals surface area contributed by atoms with Crippen LogP contribution in [0.2, 0.25) is 5.02 Å². The Bertz CT molecular complexity index is 735. The highest BCUT2D eigenvalue weighted by atomic mass is 35.5. The molecule has 4 N–H and O–H groups in total. The molecular formula is C10H15ClN4O4S2. The molecule has 11 heteroatoms. The minimum Gasteiger partial charge on any atom is -0.307 e. The van der Waals surface area contributed by atoms with Gasteiger partial charge in [-0.15, -0.1) is 0 Å². The van der Waals surface area contributed by atoms with Crippen LogP contribution in [0, 0.1) is 5.92 Å². The van der Waals surface area contributed by atoms with E-state index in [1.807, 2.05) is 0 Å². The van der Waals surface area contributed by atoms with Crippen LogP contribution in [0.4, 0.5) is 5.82 Å². The van der Waals surface area contributed by atoms with Gasteiger partial charge in [-0.05, 0) is 18.4 Å². The number of anilines is 1. The third-order valence-electron chi connectivity index (χ3n) is 3.15. The molecule has 0 bridgehead atoms. The zero-order chi connectivity index (χ0) is 15.7. The predicted molar refractivity (Wildman–Crippen MR) is 79.0 cm³/mol. The Labute approximate surface area is 128 Å². The Kier molecular flexibility index (Phi) is 4.73. The molecule has 21 heavy (non-hydrogen) atoms. The second kappa shape index (κ2) is 6.05. The van der Waals surface area contributed by atoms with Crippen molar-refractivity contribution in [2.45, 2.75) is 11.3 Å². The summed E-state index contributed by atoms with van der Waals surface area (Å²) in [5, 5.41) is 0.0730. The SMILES string of the molecule is NNc1ncc(S(=O)(=O)NCC2CCS(=O)(=O)C2)cc1Cl. The molecule has 0 radical (unpaired) electrons. The van der Waals surface area contributed by atoms with Crippen LogP contribution < -0.4 is 16.0 Å². The van der Waals surface area contributed by atoms with E-state index < -0.39 is 19.9 Å². The lowest BCUT2D eigenvalue weighted by atomic mass is 10.1. The van der Waals surface area contributed by atoms with Crippen LogP contribution in [0.1, 0.15) is 6.42 Å². The topological polar surface area (TPSA) is 131 Å². The second-order valence-electron chi connectivity index (χ2n) is 4.77. The molecule has 1 unspecified atom stereocenters. The summed E-state index contributed by atoms with van der Waals surface area (Å²) in [5.74, 6) is 5.22. The van der Waals surface area contributed by atoms with Gasteiger partial charge in [0, 0.05) is 12.7 Å². The number of nitrogens with zero attached hydrogens (tertiary/aromatic N) is 1. The molecule has 118 valence electrons. The zero-order valence-electron chi connectivity index (χ0n) is 10.9. The van der Waals surface area contributed by atoms with Crippen molar-refractivity contribution in [3.63, 3.8) is 0 Å². The lowest BCUT2D eigenvalue weighted by Gasteiger charge is -2.11. The van der Waals surface area contributed by atoms with E-state index in [-0.39, 0.29) is 39.7 Å². The van der Waals surface area contributed by atoms with E-state index in [0.717, 1.165) is 6.20 Å². The van der Waals surface area contributed by atoms with E-state index >= 15 is 0 Å². The molecule has 1 aromatic heterocycles. The first kappa shape index (κ1) is 16.4. The van der Waals surface area contributed by atoms with Gasteiger partial charge in [0.15, 0.2) is 15.7 Å². The number of hydrogen-bond donors (Lipinski definition) is 3. The first-order valence-electron chi connectivity index (χ1n) is 6.06. The van der Waals surface area contributed by atoms with Crippen molar-refractivity contribution in [2.75, 3.05) is 23.5 Å². The smallest absolute Gasteiger partial charge is 0.242 e. The lowest BCUT2D eigenvalue weighted by Crippen LogP contribution is -2.30. The van der Waals surface area contributed by atoms with Crippen molar-refractivity contribution in [3.05, 3.63) is 17.3 Å². The van der Waals surface area contributed by atoms with Crippen LogP contribution >= 0.6 is 11.6 Å². The van der Waals surface area contributed by atoms with Gasteiger partial charge in [-0.1, -0.05) is 11.6 Å². The number of hydrogen-bond acceptors (Lipinski definition) is 7. The third-order valence-corrected chi connectivity index (χ3v) is 6.67. The highest BCUT2D eigenvalue weighted by molar-refractivity contribution is 7.91. The molecule has 0 amide bonds. The molecule has 1 atom stereocenters. The Morgan fingerprint density at radius 2 is 2.19 bits per heavy atom. The van der Waals surface area contributed by atoms with Crippen LogP contribution in [-0.4, -0.2) is 39.9 Å².